The quantitative estimate of drug-likeness (QED) is 0.293. The third-order valence-corrected chi connectivity index (χ3v) is 5.91. The van der Waals surface area contributed by atoms with Crippen molar-refractivity contribution >= 4 is 33.5 Å². The van der Waals surface area contributed by atoms with Crippen LogP contribution >= 0.6 is 0 Å². The molecule has 1 aromatic carbocycles. The van der Waals surface area contributed by atoms with E-state index in [1.54, 1.807) is 6.92 Å². The van der Waals surface area contributed by atoms with Crippen LogP contribution in [0.1, 0.15) is 18.9 Å². The second-order valence-electron chi connectivity index (χ2n) is 6.03. The first-order valence-corrected chi connectivity index (χ1v) is 10.1. The maximum absolute atomic E-state index is 12.2. The lowest BCUT2D eigenvalue weighted by atomic mass is 10.2. The SMILES string of the molecule is CCN(C(=O)COC(=O)/C=C/c1ccc([N+](=O)[O-])cc1)[C@H]1CCS(=O)(=O)C1. The highest BCUT2D eigenvalue weighted by Gasteiger charge is 2.34. The van der Waals surface area contributed by atoms with E-state index in [-0.39, 0.29) is 23.2 Å². The van der Waals surface area contributed by atoms with Crippen LogP contribution in [0, 0.1) is 10.1 Å². The number of nitro groups is 1. The number of rotatable bonds is 7. The van der Waals surface area contributed by atoms with E-state index >= 15 is 0 Å². The smallest absolute Gasteiger partial charge is 0.331 e. The Bertz CT molecular complexity index is 847. The molecule has 0 unspecified atom stereocenters. The van der Waals surface area contributed by atoms with Crippen molar-refractivity contribution in [3.63, 3.8) is 0 Å². The molecule has 1 atom stereocenters. The number of carbonyl (C=O) groups excluding carboxylic acids is 2. The van der Waals surface area contributed by atoms with Crippen molar-refractivity contribution in [1.29, 1.82) is 0 Å². The molecule has 0 saturated carbocycles. The number of hydrogen-bond donors (Lipinski definition) is 0. The molecule has 27 heavy (non-hydrogen) atoms. The molecular weight excluding hydrogens is 376 g/mol. The summed E-state index contributed by atoms with van der Waals surface area (Å²) in [5, 5.41) is 10.6. The van der Waals surface area contributed by atoms with E-state index in [9.17, 15) is 28.1 Å². The van der Waals surface area contributed by atoms with Gasteiger partial charge in [0, 0.05) is 30.8 Å². The molecule has 1 aliphatic rings. The molecule has 1 aromatic rings. The number of esters is 1. The van der Waals surface area contributed by atoms with E-state index in [1.807, 2.05) is 0 Å². The lowest BCUT2D eigenvalue weighted by Crippen LogP contribution is -2.43. The highest BCUT2D eigenvalue weighted by molar-refractivity contribution is 7.91. The predicted octanol–water partition coefficient (Wildman–Crippen LogP) is 1.19. The average Bonchev–Trinajstić information content (AvgIpc) is 2.98. The first-order valence-electron chi connectivity index (χ1n) is 8.31. The van der Waals surface area contributed by atoms with Crippen molar-refractivity contribution in [2.45, 2.75) is 19.4 Å². The summed E-state index contributed by atoms with van der Waals surface area (Å²) in [7, 11) is -3.12. The van der Waals surface area contributed by atoms with Crippen molar-refractivity contribution in [1.82, 2.24) is 4.90 Å². The summed E-state index contributed by atoms with van der Waals surface area (Å²) in [4.78, 5) is 35.4. The van der Waals surface area contributed by atoms with Crippen LogP contribution in [-0.4, -0.2) is 60.8 Å². The molecular formula is C17H20N2O7S. The van der Waals surface area contributed by atoms with Gasteiger partial charge in [0.05, 0.1) is 16.4 Å². The Kier molecular flexibility index (Phi) is 6.67. The summed E-state index contributed by atoms with van der Waals surface area (Å²) in [6, 6.07) is 5.19. The zero-order valence-electron chi connectivity index (χ0n) is 14.7. The Hall–Kier alpha value is -2.75. The number of ether oxygens (including phenoxy) is 1. The number of sulfone groups is 1. The van der Waals surface area contributed by atoms with Crippen molar-refractivity contribution < 1.29 is 27.7 Å². The Morgan fingerprint density at radius 1 is 1.33 bits per heavy atom. The minimum atomic E-state index is -3.12. The molecule has 0 aliphatic carbocycles. The van der Waals surface area contributed by atoms with Crippen LogP contribution < -0.4 is 0 Å². The first-order chi connectivity index (χ1) is 12.7. The van der Waals surface area contributed by atoms with Crippen molar-refractivity contribution in [2.24, 2.45) is 0 Å². The molecule has 0 N–H and O–H groups in total. The summed E-state index contributed by atoms with van der Waals surface area (Å²) < 4.78 is 28.0. The number of hydrogen-bond acceptors (Lipinski definition) is 7. The van der Waals surface area contributed by atoms with E-state index in [0.717, 1.165) is 6.08 Å². The molecule has 1 heterocycles. The van der Waals surface area contributed by atoms with Gasteiger partial charge in [0.1, 0.15) is 0 Å². The third-order valence-electron chi connectivity index (χ3n) is 4.16. The molecule has 1 aliphatic heterocycles. The molecule has 9 nitrogen and oxygen atoms in total. The summed E-state index contributed by atoms with van der Waals surface area (Å²) >= 11 is 0. The summed E-state index contributed by atoms with van der Waals surface area (Å²) in [5.41, 5.74) is 0.504. The monoisotopic (exact) mass is 396 g/mol. The predicted molar refractivity (Wildman–Crippen MR) is 97.5 cm³/mol. The van der Waals surface area contributed by atoms with Gasteiger partial charge in [-0.25, -0.2) is 13.2 Å². The Labute approximate surface area is 156 Å². The van der Waals surface area contributed by atoms with Gasteiger partial charge in [-0.05, 0) is 37.1 Å². The molecule has 146 valence electrons. The highest BCUT2D eigenvalue weighted by atomic mass is 32.2. The summed E-state index contributed by atoms with van der Waals surface area (Å²) in [6.45, 7) is 1.59. The zero-order valence-corrected chi connectivity index (χ0v) is 15.6. The fourth-order valence-electron chi connectivity index (χ4n) is 2.79. The Balaban J connectivity index is 1.86. The first kappa shape index (κ1) is 20.6. The Morgan fingerprint density at radius 2 is 2.00 bits per heavy atom. The molecule has 1 fully saturated rings. The summed E-state index contributed by atoms with van der Waals surface area (Å²) in [5.74, 6) is -1.20. The highest BCUT2D eigenvalue weighted by Crippen LogP contribution is 2.18. The van der Waals surface area contributed by atoms with Crippen LogP contribution in [0.4, 0.5) is 5.69 Å². The van der Waals surface area contributed by atoms with Crippen molar-refractivity contribution in [3.8, 4) is 0 Å². The van der Waals surface area contributed by atoms with Crippen LogP contribution in [0.2, 0.25) is 0 Å². The number of carbonyl (C=O) groups is 2. The number of benzene rings is 1. The van der Waals surface area contributed by atoms with Gasteiger partial charge in [-0.3, -0.25) is 14.9 Å². The van der Waals surface area contributed by atoms with Gasteiger partial charge < -0.3 is 9.64 Å². The van der Waals surface area contributed by atoms with Crippen LogP contribution in [0.5, 0.6) is 0 Å². The lowest BCUT2D eigenvalue weighted by Gasteiger charge is -2.26. The largest absolute Gasteiger partial charge is 0.452 e. The molecule has 0 radical (unpaired) electrons. The third kappa shape index (κ3) is 5.88. The Morgan fingerprint density at radius 3 is 2.52 bits per heavy atom. The van der Waals surface area contributed by atoms with Gasteiger partial charge in [0.25, 0.3) is 11.6 Å². The van der Waals surface area contributed by atoms with Gasteiger partial charge >= 0.3 is 5.97 Å². The molecule has 2 rings (SSSR count). The van der Waals surface area contributed by atoms with Gasteiger partial charge in [-0.1, -0.05) is 0 Å². The lowest BCUT2D eigenvalue weighted by molar-refractivity contribution is -0.384. The second kappa shape index (κ2) is 8.76. The average molecular weight is 396 g/mol. The summed E-state index contributed by atoms with van der Waals surface area (Å²) in [6.07, 6.45) is 2.92. The number of nitro benzene ring substituents is 1. The van der Waals surface area contributed by atoms with E-state index in [2.05, 4.69) is 0 Å². The van der Waals surface area contributed by atoms with Crippen molar-refractivity contribution in [2.75, 3.05) is 24.7 Å². The molecule has 0 spiro atoms. The van der Waals surface area contributed by atoms with Gasteiger partial charge in [-0.15, -0.1) is 0 Å². The second-order valence-corrected chi connectivity index (χ2v) is 8.26. The van der Waals surface area contributed by atoms with Crippen LogP contribution in [0.15, 0.2) is 30.3 Å². The van der Waals surface area contributed by atoms with E-state index in [1.165, 1.54) is 35.2 Å². The van der Waals surface area contributed by atoms with Crippen LogP contribution in [0.25, 0.3) is 6.08 Å². The zero-order chi connectivity index (χ0) is 20.0. The fourth-order valence-corrected chi connectivity index (χ4v) is 4.53. The van der Waals surface area contributed by atoms with E-state index < -0.39 is 33.2 Å². The molecule has 0 bridgehead atoms. The normalized spacial score (nSPS) is 18.3. The van der Waals surface area contributed by atoms with Crippen molar-refractivity contribution in [3.05, 3.63) is 46.0 Å². The molecule has 1 amide bonds. The van der Waals surface area contributed by atoms with E-state index in [0.29, 0.717) is 18.5 Å². The molecule has 1 saturated heterocycles. The number of likely N-dealkylation sites (N-methyl/N-ethyl adjacent to an activating group) is 1. The molecule has 0 aromatic heterocycles. The molecule has 10 heteroatoms. The van der Waals surface area contributed by atoms with Gasteiger partial charge in [0.2, 0.25) is 0 Å². The number of amides is 1. The van der Waals surface area contributed by atoms with Gasteiger partial charge in [0.15, 0.2) is 16.4 Å². The van der Waals surface area contributed by atoms with Crippen LogP contribution in [0.3, 0.4) is 0 Å². The van der Waals surface area contributed by atoms with Crippen LogP contribution in [-0.2, 0) is 24.2 Å². The minimum absolute atomic E-state index is 0.0548. The standard InChI is InChI=1S/C17H20N2O7S/c1-2-18(15-9-10-27(24,25)12-15)16(20)11-26-17(21)8-5-13-3-6-14(7-4-13)19(22)23/h3-8,15H,2,9-12H2,1H3/b8-5+/t15-/m0/s1. The fraction of sp³-hybridized carbons (Fsp3) is 0.412. The minimum Gasteiger partial charge on any atom is -0.452 e. The number of nitrogens with zero attached hydrogens (tertiary/aromatic N) is 2. The maximum Gasteiger partial charge on any atom is 0.331 e. The van der Waals surface area contributed by atoms with E-state index in [4.69, 9.17) is 4.74 Å². The topological polar surface area (TPSA) is 124 Å². The maximum atomic E-state index is 12.2. The number of non-ortho nitro benzene ring substituents is 1. The van der Waals surface area contributed by atoms with Gasteiger partial charge in [-0.2, -0.15) is 0 Å².